The number of anilines is 1. The normalized spacial score (nSPS) is 17.5. The molecule has 1 saturated carbocycles. The minimum Gasteiger partial charge on any atom is -0.506 e. The molecular weight excluding hydrogens is 259 g/mol. The number of rotatable bonds is 3. The van der Waals surface area contributed by atoms with E-state index in [0.717, 1.165) is 25.0 Å². The molecule has 0 aliphatic heterocycles. The number of phenolic OH excluding ortho intramolecular Hbond substituents is 1. The van der Waals surface area contributed by atoms with Gasteiger partial charge >= 0.3 is 0 Å². The highest BCUT2D eigenvalue weighted by Crippen LogP contribution is 2.39. The van der Waals surface area contributed by atoms with Crippen LogP contribution in [0.5, 0.6) is 5.75 Å². The maximum absolute atomic E-state index is 13.0. The van der Waals surface area contributed by atoms with Crippen molar-refractivity contribution in [2.75, 3.05) is 5.32 Å². The second kappa shape index (κ2) is 5.12. The summed E-state index contributed by atoms with van der Waals surface area (Å²) in [5.41, 5.74) is 4.99. The zero-order chi connectivity index (χ0) is 12.6. The van der Waals surface area contributed by atoms with Crippen LogP contribution in [0.2, 0.25) is 0 Å². The Morgan fingerprint density at radius 2 is 2.17 bits per heavy atom. The number of hydrogen-bond donors (Lipinski definition) is 3. The van der Waals surface area contributed by atoms with E-state index in [2.05, 4.69) is 5.32 Å². The first-order valence-electron chi connectivity index (χ1n) is 5.50. The van der Waals surface area contributed by atoms with Crippen LogP contribution in [0.15, 0.2) is 18.2 Å². The van der Waals surface area contributed by atoms with E-state index in [1.807, 2.05) is 0 Å². The van der Waals surface area contributed by atoms with Crippen molar-refractivity contribution < 1.29 is 14.3 Å². The molecule has 0 spiro atoms. The van der Waals surface area contributed by atoms with Gasteiger partial charge in [-0.25, -0.2) is 4.39 Å². The molecule has 1 amide bonds. The lowest BCUT2D eigenvalue weighted by Gasteiger charge is -2.23. The van der Waals surface area contributed by atoms with Gasteiger partial charge in [0.1, 0.15) is 11.6 Å². The highest BCUT2D eigenvalue weighted by atomic mass is 35.5. The van der Waals surface area contributed by atoms with Crippen LogP contribution in [-0.4, -0.2) is 16.6 Å². The number of carbonyl (C=O) groups is 1. The molecule has 18 heavy (non-hydrogen) atoms. The summed E-state index contributed by atoms with van der Waals surface area (Å²) in [4.78, 5) is 11.9. The van der Waals surface area contributed by atoms with Gasteiger partial charge in [-0.15, -0.1) is 12.4 Å². The van der Waals surface area contributed by atoms with Crippen LogP contribution in [0.25, 0.3) is 0 Å². The van der Waals surface area contributed by atoms with Crippen molar-refractivity contribution in [3.8, 4) is 5.75 Å². The van der Waals surface area contributed by atoms with Gasteiger partial charge in [-0.05, 0) is 37.8 Å². The standard InChI is InChI=1S/C12H15FN2O2.ClH/c1-12(14,7-2-3-7)11(17)15-9-6-8(13)4-5-10(9)16;/h4-7,16H,2-3,14H2,1H3,(H,15,17);1H. The van der Waals surface area contributed by atoms with Crippen LogP contribution < -0.4 is 11.1 Å². The lowest BCUT2D eigenvalue weighted by Crippen LogP contribution is -2.50. The predicted octanol–water partition coefficient (Wildman–Crippen LogP) is 2.02. The van der Waals surface area contributed by atoms with Crippen LogP contribution in [0, 0.1) is 11.7 Å². The lowest BCUT2D eigenvalue weighted by molar-refractivity contribution is -0.121. The minimum absolute atomic E-state index is 0. The summed E-state index contributed by atoms with van der Waals surface area (Å²) in [5.74, 6) is -0.936. The summed E-state index contributed by atoms with van der Waals surface area (Å²) in [6, 6.07) is 3.37. The summed E-state index contributed by atoms with van der Waals surface area (Å²) in [7, 11) is 0. The number of nitrogens with one attached hydrogen (secondary N) is 1. The Labute approximate surface area is 111 Å². The summed E-state index contributed by atoms with van der Waals surface area (Å²) >= 11 is 0. The second-order valence-electron chi connectivity index (χ2n) is 4.67. The van der Waals surface area contributed by atoms with Gasteiger partial charge in [0.2, 0.25) is 5.91 Å². The van der Waals surface area contributed by atoms with Gasteiger partial charge in [-0.3, -0.25) is 4.79 Å². The molecule has 1 unspecified atom stereocenters. The Balaban J connectivity index is 0.00000162. The fourth-order valence-electron chi connectivity index (χ4n) is 1.73. The Kier molecular flexibility index (Phi) is 4.19. The van der Waals surface area contributed by atoms with E-state index in [9.17, 15) is 14.3 Å². The molecule has 100 valence electrons. The largest absolute Gasteiger partial charge is 0.506 e. The van der Waals surface area contributed by atoms with Crippen molar-refractivity contribution in [2.24, 2.45) is 11.7 Å². The van der Waals surface area contributed by atoms with Gasteiger partial charge in [0.25, 0.3) is 0 Å². The van der Waals surface area contributed by atoms with Crippen LogP contribution in [0.4, 0.5) is 10.1 Å². The molecule has 4 N–H and O–H groups in total. The Morgan fingerprint density at radius 3 is 2.72 bits per heavy atom. The second-order valence-corrected chi connectivity index (χ2v) is 4.67. The van der Waals surface area contributed by atoms with Crippen molar-refractivity contribution in [3.63, 3.8) is 0 Å². The van der Waals surface area contributed by atoms with E-state index >= 15 is 0 Å². The Hall–Kier alpha value is -1.33. The molecule has 0 bridgehead atoms. The highest BCUT2D eigenvalue weighted by Gasteiger charge is 2.44. The summed E-state index contributed by atoms with van der Waals surface area (Å²) < 4.78 is 13.0. The van der Waals surface area contributed by atoms with E-state index in [4.69, 9.17) is 5.73 Å². The van der Waals surface area contributed by atoms with Gasteiger partial charge in [-0.1, -0.05) is 0 Å². The van der Waals surface area contributed by atoms with Crippen molar-refractivity contribution in [2.45, 2.75) is 25.3 Å². The molecule has 0 heterocycles. The van der Waals surface area contributed by atoms with Crippen LogP contribution >= 0.6 is 12.4 Å². The summed E-state index contributed by atoms with van der Waals surface area (Å²) in [6.07, 6.45) is 1.85. The first-order chi connectivity index (χ1) is 7.91. The molecule has 1 atom stereocenters. The van der Waals surface area contributed by atoms with Crippen LogP contribution in [0.1, 0.15) is 19.8 Å². The Bertz CT molecular complexity index is 461. The number of halogens is 2. The predicted molar refractivity (Wildman–Crippen MR) is 69.3 cm³/mol. The quantitative estimate of drug-likeness (QED) is 0.738. The zero-order valence-electron chi connectivity index (χ0n) is 9.94. The number of benzene rings is 1. The van der Waals surface area contributed by atoms with Gasteiger partial charge in [0, 0.05) is 6.07 Å². The number of nitrogens with two attached hydrogens (primary N) is 1. The van der Waals surface area contributed by atoms with Crippen molar-refractivity contribution in [1.82, 2.24) is 0 Å². The average molecular weight is 275 g/mol. The molecule has 1 fully saturated rings. The third-order valence-electron chi connectivity index (χ3n) is 3.12. The topological polar surface area (TPSA) is 75.4 Å². The van der Waals surface area contributed by atoms with E-state index in [-0.39, 0.29) is 29.8 Å². The van der Waals surface area contributed by atoms with Crippen molar-refractivity contribution in [1.29, 1.82) is 0 Å². The summed E-state index contributed by atoms with van der Waals surface area (Å²) in [6.45, 7) is 1.65. The molecule has 6 heteroatoms. The molecule has 1 aliphatic rings. The fraction of sp³-hybridized carbons (Fsp3) is 0.417. The highest BCUT2D eigenvalue weighted by molar-refractivity contribution is 5.99. The molecular formula is C12H16ClFN2O2. The number of aromatic hydroxyl groups is 1. The molecule has 0 aromatic heterocycles. The van der Waals surface area contributed by atoms with Gasteiger partial charge in [-0.2, -0.15) is 0 Å². The molecule has 1 aliphatic carbocycles. The van der Waals surface area contributed by atoms with E-state index in [1.165, 1.54) is 6.07 Å². The third-order valence-corrected chi connectivity index (χ3v) is 3.12. The van der Waals surface area contributed by atoms with E-state index in [0.29, 0.717) is 0 Å². The van der Waals surface area contributed by atoms with E-state index < -0.39 is 17.3 Å². The van der Waals surface area contributed by atoms with Crippen molar-refractivity contribution >= 4 is 24.0 Å². The maximum Gasteiger partial charge on any atom is 0.244 e. The number of carbonyl (C=O) groups excluding carboxylic acids is 1. The smallest absolute Gasteiger partial charge is 0.244 e. The molecule has 1 aromatic carbocycles. The zero-order valence-corrected chi connectivity index (χ0v) is 10.8. The molecule has 0 radical (unpaired) electrons. The molecule has 4 nitrogen and oxygen atoms in total. The van der Waals surface area contributed by atoms with Crippen molar-refractivity contribution in [3.05, 3.63) is 24.0 Å². The monoisotopic (exact) mass is 274 g/mol. The van der Waals surface area contributed by atoms with Gasteiger partial charge in [0.05, 0.1) is 11.2 Å². The fourth-order valence-corrected chi connectivity index (χ4v) is 1.73. The number of hydrogen-bond acceptors (Lipinski definition) is 3. The number of amides is 1. The van der Waals surface area contributed by atoms with E-state index in [1.54, 1.807) is 6.92 Å². The first-order valence-corrected chi connectivity index (χ1v) is 5.50. The first kappa shape index (κ1) is 14.7. The van der Waals surface area contributed by atoms with Crippen LogP contribution in [-0.2, 0) is 4.79 Å². The van der Waals surface area contributed by atoms with Gasteiger partial charge < -0.3 is 16.2 Å². The third kappa shape index (κ3) is 2.91. The lowest BCUT2D eigenvalue weighted by atomic mass is 9.96. The molecule has 2 rings (SSSR count). The molecule has 0 saturated heterocycles. The summed E-state index contributed by atoms with van der Waals surface area (Å²) in [5, 5.41) is 11.9. The average Bonchev–Trinajstić information content (AvgIpc) is 3.07. The van der Waals surface area contributed by atoms with Gasteiger partial charge in [0.15, 0.2) is 0 Å². The SMILES string of the molecule is CC(N)(C(=O)Nc1cc(F)ccc1O)C1CC1.Cl. The Morgan fingerprint density at radius 1 is 1.56 bits per heavy atom. The minimum atomic E-state index is -0.973. The molecule has 1 aromatic rings. The number of phenols is 1. The maximum atomic E-state index is 13.0. The van der Waals surface area contributed by atoms with Crippen LogP contribution in [0.3, 0.4) is 0 Å².